The summed E-state index contributed by atoms with van der Waals surface area (Å²) in [7, 11) is 0. The number of hydrogen-bond donors (Lipinski definition) is 1. The number of anilines is 1. The Labute approximate surface area is 102 Å². The van der Waals surface area contributed by atoms with E-state index >= 15 is 0 Å². The second-order valence-electron chi connectivity index (χ2n) is 4.94. The van der Waals surface area contributed by atoms with E-state index in [1.165, 1.54) is 11.3 Å². The van der Waals surface area contributed by atoms with Crippen molar-refractivity contribution in [2.75, 3.05) is 11.1 Å². The molecule has 1 N–H and O–H groups in total. The second kappa shape index (κ2) is 5.26. The molecule has 0 saturated heterocycles. The highest BCUT2D eigenvalue weighted by Crippen LogP contribution is 2.26. The van der Waals surface area contributed by atoms with Crippen molar-refractivity contribution in [3.8, 4) is 0 Å². The predicted octanol–water partition coefficient (Wildman–Crippen LogP) is 4.39. The molecule has 1 heterocycles. The number of hydrogen-bond acceptors (Lipinski definition) is 3. The van der Waals surface area contributed by atoms with Crippen molar-refractivity contribution in [1.82, 2.24) is 0 Å². The van der Waals surface area contributed by atoms with Crippen molar-refractivity contribution >= 4 is 28.8 Å². The van der Waals surface area contributed by atoms with Gasteiger partial charge in [-0.1, -0.05) is 20.8 Å². The van der Waals surface area contributed by atoms with Gasteiger partial charge in [0.2, 0.25) is 0 Å². The molecule has 15 heavy (non-hydrogen) atoms. The van der Waals surface area contributed by atoms with Crippen LogP contribution in [0.3, 0.4) is 0 Å². The third-order valence-corrected chi connectivity index (χ3v) is 4.42. The van der Waals surface area contributed by atoms with Crippen LogP contribution in [0, 0.1) is 6.92 Å². The molecular formula is C12H21NS2. The molecule has 0 aliphatic rings. The Bertz CT molecular complexity index is 299. The maximum atomic E-state index is 3.55. The Morgan fingerprint density at radius 2 is 2.07 bits per heavy atom. The van der Waals surface area contributed by atoms with Crippen molar-refractivity contribution in [1.29, 1.82) is 0 Å². The van der Waals surface area contributed by atoms with Crippen molar-refractivity contribution in [2.45, 2.75) is 45.4 Å². The van der Waals surface area contributed by atoms with E-state index in [1.54, 1.807) is 11.3 Å². The largest absolute Gasteiger partial charge is 0.381 e. The van der Waals surface area contributed by atoms with E-state index in [9.17, 15) is 0 Å². The van der Waals surface area contributed by atoms with Gasteiger partial charge in [-0.25, -0.2) is 0 Å². The van der Waals surface area contributed by atoms with Crippen LogP contribution < -0.4 is 5.32 Å². The van der Waals surface area contributed by atoms with E-state index in [0.717, 1.165) is 5.75 Å². The minimum atomic E-state index is 0.361. The topological polar surface area (TPSA) is 12.0 Å². The van der Waals surface area contributed by atoms with Gasteiger partial charge >= 0.3 is 0 Å². The van der Waals surface area contributed by atoms with Gasteiger partial charge in [0, 0.05) is 27.6 Å². The summed E-state index contributed by atoms with van der Waals surface area (Å²) in [5.74, 6) is 1.15. The van der Waals surface area contributed by atoms with Crippen LogP contribution in [-0.2, 0) is 0 Å². The second-order valence-corrected chi connectivity index (χ2v) is 7.53. The van der Waals surface area contributed by atoms with E-state index in [1.807, 2.05) is 11.8 Å². The monoisotopic (exact) mass is 243 g/mol. The molecule has 0 amide bonds. The van der Waals surface area contributed by atoms with Gasteiger partial charge in [0.05, 0.1) is 0 Å². The maximum absolute atomic E-state index is 3.55. The zero-order valence-electron chi connectivity index (χ0n) is 10.3. The fourth-order valence-electron chi connectivity index (χ4n) is 1.19. The zero-order chi connectivity index (χ0) is 11.5. The molecule has 0 saturated carbocycles. The smallest absolute Gasteiger partial charge is 0.0480 e. The first-order valence-corrected chi connectivity index (χ1v) is 7.24. The fourth-order valence-corrected chi connectivity index (χ4v) is 2.81. The molecule has 1 atom stereocenters. The molecule has 0 bridgehead atoms. The Balaban J connectivity index is 2.37. The lowest BCUT2D eigenvalue weighted by Gasteiger charge is -2.21. The molecule has 0 radical (unpaired) electrons. The molecule has 1 unspecified atom stereocenters. The minimum absolute atomic E-state index is 0.361. The fraction of sp³-hybridized carbons (Fsp3) is 0.667. The average molecular weight is 243 g/mol. The van der Waals surface area contributed by atoms with E-state index < -0.39 is 0 Å². The SMILES string of the molecule is Cc1cscc1NC(C)CSC(C)(C)C. The maximum Gasteiger partial charge on any atom is 0.0480 e. The third kappa shape index (κ3) is 4.94. The van der Waals surface area contributed by atoms with Crippen LogP contribution in [0.1, 0.15) is 33.3 Å². The van der Waals surface area contributed by atoms with Crippen LogP contribution in [0.5, 0.6) is 0 Å². The summed E-state index contributed by atoms with van der Waals surface area (Å²) in [6, 6.07) is 0.530. The number of thioether (sulfide) groups is 1. The summed E-state index contributed by atoms with van der Waals surface area (Å²) in [5.41, 5.74) is 2.65. The first kappa shape index (κ1) is 12.9. The minimum Gasteiger partial charge on any atom is -0.381 e. The van der Waals surface area contributed by atoms with E-state index in [-0.39, 0.29) is 0 Å². The summed E-state index contributed by atoms with van der Waals surface area (Å²) in [6.45, 7) is 11.2. The normalized spacial score (nSPS) is 13.9. The van der Waals surface area contributed by atoms with Gasteiger partial charge in [-0.2, -0.15) is 11.8 Å². The summed E-state index contributed by atoms with van der Waals surface area (Å²) >= 11 is 3.77. The molecule has 86 valence electrons. The van der Waals surface area contributed by atoms with Crippen molar-refractivity contribution in [2.24, 2.45) is 0 Å². The van der Waals surface area contributed by atoms with Gasteiger partial charge in [-0.15, -0.1) is 11.3 Å². The molecule has 1 nitrogen and oxygen atoms in total. The lowest BCUT2D eigenvalue weighted by molar-refractivity contribution is 0.794. The Morgan fingerprint density at radius 1 is 1.40 bits per heavy atom. The zero-order valence-corrected chi connectivity index (χ0v) is 11.9. The molecule has 0 aliphatic carbocycles. The first-order chi connectivity index (χ1) is 6.88. The van der Waals surface area contributed by atoms with E-state index in [2.05, 4.69) is 50.7 Å². The van der Waals surface area contributed by atoms with Gasteiger partial charge in [-0.05, 0) is 24.8 Å². The molecule has 0 fully saturated rings. The van der Waals surface area contributed by atoms with Crippen LogP contribution in [-0.4, -0.2) is 16.5 Å². The lowest BCUT2D eigenvalue weighted by Crippen LogP contribution is -2.21. The number of thiophene rings is 1. The van der Waals surface area contributed by atoms with Crippen molar-refractivity contribution < 1.29 is 0 Å². The molecule has 1 aromatic rings. The summed E-state index contributed by atoms with van der Waals surface area (Å²) in [6.07, 6.45) is 0. The molecule has 3 heteroatoms. The van der Waals surface area contributed by atoms with Crippen LogP contribution in [0.2, 0.25) is 0 Å². The standard InChI is InChI=1S/C12H21NS2/c1-9-6-14-8-11(9)13-10(2)7-15-12(3,4)5/h6,8,10,13H,7H2,1-5H3. The average Bonchev–Trinajstić information content (AvgIpc) is 2.47. The summed E-state index contributed by atoms with van der Waals surface area (Å²) in [4.78, 5) is 0. The van der Waals surface area contributed by atoms with Crippen LogP contribution in [0.4, 0.5) is 5.69 Å². The quantitative estimate of drug-likeness (QED) is 0.842. The molecule has 0 spiro atoms. The molecular weight excluding hydrogens is 222 g/mol. The van der Waals surface area contributed by atoms with Gasteiger partial charge < -0.3 is 5.32 Å². The molecule has 1 aromatic heterocycles. The van der Waals surface area contributed by atoms with E-state index in [4.69, 9.17) is 0 Å². The van der Waals surface area contributed by atoms with Gasteiger partial charge in [-0.3, -0.25) is 0 Å². The highest BCUT2D eigenvalue weighted by molar-refractivity contribution is 8.00. The highest BCUT2D eigenvalue weighted by atomic mass is 32.2. The Hall–Kier alpha value is -0.150. The number of nitrogens with one attached hydrogen (secondary N) is 1. The highest BCUT2D eigenvalue weighted by Gasteiger charge is 2.13. The van der Waals surface area contributed by atoms with Gasteiger partial charge in [0.25, 0.3) is 0 Å². The molecule has 0 aliphatic heterocycles. The van der Waals surface area contributed by atoms with Crippen LogP contribution in [0.15, 0.2) is 10.8 Å². The van der Waals surface area contributed by atoms with Gasteiger partial charge in [0.15, 0.2) is 0 Å². The molecule has 1 rings (SSSR count). The summed E-state index contributed by atoms with van der Waals surface area (Å²) < 4.78 is 0.361. The third-order valence-electron chi connectivity index (χ3n) is 2.02. The number of rotatable bonds is 4. The van der Waals surface area contributed by atoms with Crippen LogP contribution >= 0.6 is 23.1 Å². The van der Waals surface area contributed by atoms with Crippen molar-refractivity contribution in [3.63, 3.8) is 0 Å². The summed E-state index contributed by atoms with van der Waals surface area (Å²) in [5, 5.41) is 7.93. The van der Waals surface area contributed by atoms with Crippen molar-refractivity contribution in [3.05, 3.63) is 16.3 Å². The van der Waals surface area contributed by atoms with Crippen LogP contribution in [0.25, 0.3) is 0 Å². The first-order valence-electron chi connectivity index (χ1n) is 5.32. The Kier molecular flexibility index (Phi) is 4.53. The lowest BCUT2D eigenvalue weighted by atomic mass is 10.3. The predicted molar refractivity (Wildman–Crippen MR) is 74.4 cm³/mol. The van der Waals surface area contributed by atoms with Gasteiger partial charge in [0.1, 0.15) is 0 Å². The van der Waals surface area contributed by atoms with E-state index in [0.29, 0.717) is 10.8 Å². The molecule has 0 aromatic carbocycles. The number of aryl methyl sites for hydroxylation is 1. The Morgan fingerprint density at radius 3 is 2.53 bits per heavy atom.